The third-order valence-electron chi connectivity index (χ3n) is 3.58. The molecule has 0 bridgehead atoms. The third kappa shape index (κ3) is 4.29. The maximum Gasteiger partial charge on any atom is 0.130 e. The van der Waals surface area contributed by atoms with Gasteiger partial charge in [-0.15, -0.1) is 0 Å². The molecule has 0 unspecified atom stereocenters. The zero-order valence-electron chi connectivity index (χ0n) is 14.2. The minimum absolute atomic E-state index is 0.189. The lowest BCUT2D eigenvalue weighted by molar-refractivity contribution is 0.796. The molecule has 0 radical (unpaired) electrons. The van der Waals surface area contributed by atoms with Gasteiger partial charge in [-0.2, -0.15) is 0 Å². The Balaban J connectivity index is 2.52. The van der Waals surface area contributed by atoms with Crippen molar-refractivity contribution in [2.24, 2.45) is 5.92 Å². The average Bonchev–Trinajstić information content (AvgIpc) is 2.55. The second kappa shape index (κ2) is 8.06. The molecule has 2 rings (SSSR count). The lowest BCUT2D eigenvalue weighted by Crippen LogP contribution is -2.15. The molecule has 0 aromatic carbocycles. The van der Waals surface area contributed by atoms with Crippen LogP contribution in [0.25, 0.3) is 0 Å². The second-order valence-corrected chi connectivity index (χ2v) is 5.78. The zero-order valence-corrected chi connectivity index (χ0v) is 14.2. The number of nitrogens with one attached hydrogen (secondary N) is 4. The highest BCUT2D eigenvalue weighted by molar-refractivity contribution is 5.81. The van der Waals surface area contributed by atoms with Crippen LogP contribution in [0.5, 0.6) is 0 Å². The summed E-state index contributed by atoms with van der Waals surface area (Å²) >= 11 is 0. The summed E-state index contributed by atoms with van der Waals surface area (Å²) in [5, 5.41) is 21.5. The monoisotopic (exact) mass is 321 g/mol. The molecule has 1 aromatic rings. The van der Waals surface area contributed by atoms with E-state index in [9.17, 15) is 0 Å². The first-order valence-electron chi connectivity index (χ1n) is 7.86. The number of nitrogens with zero attached hydrogens (tertiary/aromatic N) is 1. The molecule has 2 heterocycles. The van der Waals surface area contributed by atoms with E-state index in [4.69, 9.17) is 10.8 Å². The molecule has 5 nitrogen and oxygen atoms in total. The molecule has 1 aliphatic rings. The molecular weight excluding hydrogens is 298 g/mol. The number of pyridine rings is 1. The normalized spacial score (nSPS) is 16.3. The average molecular weight is 321 g/mol. The van der Waals surface area contributed by atoms with Gasteiger partial charge in [-0.05, 0) is 48.8 Å². The molecule has 0 fully saturated rings. The molecule has 1 aromatic heterocycles. The number of rotatable bonds is 6. The van der Waals surface area contributed by atoms with Gasteiger partial charge in [-0.3, -0.25) is 0 Å². The predicted molar refractivity (Wildman–Crippen MR) is 100 cm³/mol. The number of aromatic nitrogens is 1. The van der Waals surface area contributed by atoms with Gasteiger partial charge >= 0.3 is 0 Å². The smallest absolute Gasteiger partial charge is 0.130 e. The van der Waals surface area contributed by atoms with Gasteiger partial charge in [-0.25, -0.2) is 4.98 Å². The third-order valence-corrected chi connectivity index (χ3v) is 3.58. The van der Waals surface area contributed by atoms with Gasteiger partial charge in [0, 0.05) is 35.6 Å². The van der Waals surface area contributed by atoms with Crippen molar-refractivity contribution in [3.8, 4) is 0 Å². The molecule has 0 spiro atoms. The van der Waals surface area contributed by atoms with Crippen LogP contribution in [-0.2, 0) is 0 Å². The van der Waals surface area contributed by atoms with Crippen molar-refractivity contribution >= 4 is 18.2 Å². The van der Waals surface area contributed by atoms with E-state index in [-0.39, 0.29) is 5.92 Å². The summed E-state index contributed by atoms with van der Waals surface area (Å²) in [5.41, 5.74) is 4.45. The van der Waals surface area contributed by atoms with Gasteiger partial charge in [0.15, 0.2) is 0 Å². The molecular formula is C19H23N5. The number of hydrogen-bond donors (Lipinski definition) is 4. The van der Waals surface area contributed by atoms with Gasteiger partial charge in [0.05, 0.1) is 5.70 Å². The predicted octanol–water partition coefficient (Wildman–Crippen LogP) is 3.94. The fourth-order valence-corrected chi connectivity index (χ4v) is 2.41. The number of allylic oxidation sites excluding steroid dienone is 4. The van der Waals surface area contributed by atoms with Crippen LogP contribution in [-0.4, -0.2) is 17.4 Å². The summed E-state index contributed by atoms with van der Waals surface area (Å²) < 4.78 is 0. The van der Waals surface area contributed by atoms with Gasteiger partial charge in [-0.1, -0.05) is 19.9 Å². The van der Waals surface area contributed by atoms with E-state index < -0.39 is 0 Å². The van der Waals surface area contributed by atoms with Gasteiger partial charge < -0.3 is 21.5 Å². The van der Waals surface area contributed by atoms with Gasteiger partial charge in [0.1, 0.15) is 5.82 Å². The van der Waals surface area contributed by atoms with E-state index in [0.29, 0.717) is 0 Å². The highest BCUT2D eigenvalue weighted by Crippen LogP contribution is 2.25. The molecule has 1 aliphatic heterocycles. The van der Waals surface area contributed by atoms with Crippen molar-refractivity contribution in [2.75, 3.05) is 5.32 Å². The van der Waals surface area contributed by atoms with Crippen LogP contribution in [0.1, 0.15) is 19.5 Å². The lowest BCUT2D eigenvalue weighted by Gasteiger charge is -2.20. The lowest BCUT2D eigenvalue weighted by atomic mass is 9.96. The molecule has 0 saturated heterocycles. The van der Waals surface area contributed by atoms with E-state index >= 15 is 0 Å². The van der Waals surface area contributed by atoms with Crippen LogP contribution < -0.4 is 10.6 Å². The highest BCUT2D eigenvalue weighted by atomic mass is 15.0. The quantitative estimate of drug-likeness (QED) is 0.599. The topological polar surface area (TPSA) is 84.7 Å². The van der Waals surface area contributed by atoms with Crippen LogP contribution in [0.15, 0.2) is 65.2 Å². The molecule has 0 aliphatic carbocycles. The summed E-state index contributed by atoms with van der Waals surface area (Å²) in [6, 6.07) is 5.81. The van der Waals surface area contributed by atoms with E-state index in [0.717, 1.165) is 34.1 Å². The van der Waals surface area contributed by atoms with Crippen LogP contribution in [0.3, 0.4) is 0 Å². The maximum absolute atomic E-state index is 7.82. The Bertz CT molecular complexity index is 751. The van der Waals surface area contributed by atoms with E-state index in [1.807, 2.05) is 43.5 Å². The molecule has 0 saturated carbocycles. The minimum Gasteiger partial charge on any atom is -0.362 e. The number of aryl methyl sites for hydroxylation is 1. The first kappa shape index (κ1) is 17.4. The maximum atomic E-state index is 7.82. The summed E-state index contributed by atoms with van der Waals surface area (Å²) in [5.74, 6) is 0.935. The Morgan fingerprint density at radius 2 is 2.08 bits per heavy atom. The highest BCUT2D eigenvalue weighted by Gasteiger charge is 2.15. The Morgan fingerprint density at radius 3 is 2.71 bits per heavy atom. The van der Waals surface area contributed by atoms with Crippen molar-refractivity contribution in [2.45, 2.75) is 20.8 Å². The Hall–Kier alpha value is -2.95. The second-order valence-electron chi connectivity index (χ2n) is 5.78. The van der Waals surface area contributed by atoms with Crippen molar-refractivity contribution in [1.29, 1.82) is 10.8 Å². The number of hydrogen-bond acceptors (Lipinski definition) is 5. The van der Waals surface area contributed by atoms with Crippen molar-refractivity contribution in [3.63, 3.8) is 0 Å². The molecule has 24 heavy (non-hydrogen) atoms. The fourth-order valence-electron chi connectivity index (χ4n) is 2.41. The van der Waals surface area contributed by atoms with Crippen LogP contribution in [0.4, 0.5) is 5.82 Å². The van der Waals surface area contributed by atoms with Crippen molar-refractivity contribution in [3.05, 3.63) is 70.9 Å². The van der Waals surface area contributed by atoms with E-state index in [2.05, 4.69) is 29.5 Å². The molecule has 124 valence electrons. The van der Waals surface area contributed by atoms with Gasteiger partial charge in [0.2, 0.25) is 0 Å². The van der Waals surface area contributed by atoms with Crippen molar-refractivity contribution in [1.82, 2.24) is 10.3 Å². The van der Waals surface area contributed by atoms with Gasteiger partial charge in [0.25, 0.3) is 0 Å². The van der Waals surface area contributed by atoms with Crippen LogP contribution in [0.2, 0.25) is 0 Å². The van der Waals surface area contributed by atoms with E-state index in [1.54, 1.807) is 6.08 Å². The first-order chi connectivity index (χ1) is 11.5. The largest absolute Gasteiger partial charge is 0.362 e. The standard InChI is InChI=1S/C19H23N5/c1-13(2)17(12-21)19(24-18-6-4-5-14(3)23-18)15-8-10-22-16(11-15)7-9-20/h4-13,20-22H,1-3H3,(H,23,24)/b16-7-,19-17+,20-9?,21-12?. The Labute approximate surface area is 142 Å². The SMILES string of the molecule is Cc1cccc(N/C(C2=C/C(=C/C=N)NC=C2)=C(\C=N)C(C)C)n1. The van der Waals surface area contributed by atoms with Crippen LogP contribution >= 0.6 is 0 Å². The summed E-state index contributed by atoms with van der Waals surface area (Å²) in [7, 11) is 0. The zero-order chi connectivity index (χ0) is 17.5. The van der Waals surface area contributed by atoms with Crippen LogP contribution in [0, 0.1) is 23.7 Å². The Kier molecular flexibility index (Phi) is 5.84. The summed E-state index contributed by atoms with van der Waals surface area (Å²) in [4.78, 5) is 4.50. The summed E-state index contributed by atoms with van der Waals surface area (Å²) in [6.45, 7) is 6.07. The number of dihydropyridines is 1. The minimum atomic E-state index is 0.189. The number of anilines is 1. The summed E-state index contributed by atoms with van der Waals surface area (Å²) in [6.07, 6.45) is 10.1. The van der Waals surface area contributed by atoms with E-state index in [1.165, 1.54) is 12.4 Å². The Morgan fingerprint density at radius 1 is 1.29 bits per heavy atom. The molecule has 0 atom stereocenters. The molecule has 4 N–H and O–H groups in total. The van der Waals surface area contributed by atoms with Crippen molar-refractivity contribution < 1.29 is 0 Å². The molecule has 5 heteroatoms. The molecule has 0 amide bonds. The first-order valence-corrected chi connectivity index (χ1v) is 7.86. The fraction of sp³-hybridized carbons (Fsp3) is 0.211.